The van der Waals surface area contributed by atoms with Gasteiger partial charge in [-0.15, -0.1) is 6.58 Å². The summed E-state index contributed by atoms with van der Waals surface area (Å²) in [6, 6.07) is 4.54. The van der Waals surface area contributed by atoms with Crippen molar-refractivity contribution in [3.63, 3.8) is 0 Å². The number of hydrogen-bond acceptors (Lipinski definition) is 5. The van der Waals surface area contributed by atoms with Gasteiger partial charge in [0.25, 0.3) is 0 Å². The zero-order valence-corrected chi connectivity index (χ0v) is 10.9. The Hall–Kier alpha value is -2.14. The number of ether oxygens (including phenoxy) is 2. The SMILES string of the molecule is C=CCC(O)c1ccc(OC(C)=O)c(OC(C)=O)c1. The van der Waals surface area contributed by atoms with Crippen molar-refractivity contribution >= 4 is 11.9 Å². The standard InChI is InChI=1S/C14H16O5/c1-4-5-12(17)11-6-7-13(18-9(2)15)14(8-11)19-10(3)16/h4,6-8,12,17H,1,5H2,2-3H3. The maximum atomic E-state index is 11.0. The zero-order chi connectivity index (χ0) is 14.4. The van der Waals surface area contributed by atoms with E-state index in [2.05, 4.69) is 6.58 Å². The van der Waals surface area contributed by atoms with Gasteiger partial charge in [0.05, 0.1) is 6.10 Å². The second-order valence-electron chi connectivity index (χ2n) is 3.93. The van der Waals surface area contributed by atoms with Gasteiger partial charge in [-0.05, 0) is 24.1 Å². The summed E-state index contributed by atoms with van der Waals surface area (Å²) in [6.45, 7) is 6.03. The lowest BCUT2D eigenvalue weighted by atomic mass is 10.1. The Bertz CT molecular complexity index is 493. The molecule has 1 unspecified atom stereocenters. The Morgan fingerprint density at radius 1 is 1.26 bits per heavy atom. The van der Waals surface area contributed by atoms with Crippen LogP contribution in [0.1, 0.15) is 31.9 Å². The first-order valence-corrected chi connectivity index (χ1v) is 5.73. The van der Waals surface area contributed by atoms with Crippen LogP contribution in [0.4, 0.5) is 0 Å². The number of rotatable bonds is 5. The van der Waals surface area contributed by atoms with Crippen molar-refractivity contribution in [2.45, 2.75) is 26.4 Å². The molecule has 0 fully saturated rings. The Morgan fingerprint density at radius 2 is 1.84 bits per heavy atom. The van der Waals surface area contributed by atoms with Crippen LogP contribution in [0.15, 0.2) is 30.9 Å². The Labute approximate surface area is 111 Å². The number of benzene rings is 1. The normalized spacial score (nSPS) is 11.5. The molecule has 0 amide bonds. The highest BCUT2D eigenvalue weighted by Gasteiger charge is 2.14. The van der Waals surface area contributed by atoms with E-state index >= 15 is 0 Å². The molecule has 0 aliphatic heterocycles. The van der Waals surface area contributed by atoms with Gasteiger partial charge in [-0.1, -0.05) is 12.1 Å². The van der Waals surface area contributed by atoms with E-state index in [1.807, 2.05) is 0 Å². The van der Waals surface area contributed by atoms with Crippen molar-refractivity contribution in [2.75, 3.05) is 0 Å². The lowest BCUT2D eigenvalue weighted by Gasteiger charge is -2.13. The molecule has 0 spiro atoms. The number of hydrogen-bond donors (Lipinski definition) is 1. The van der Waals surface area contributed by atoms with E-state index < -0.39 is 18.0 Å². The smallest absolute Gasteiger partial charge is 0.308 e. The number of carbonyl (C=O) groups excluding carboxylic acids is 2. The van der Waals surface area contributed by atoms with E-state index in [4.69, 9.17) is 9.47 Å². The minimum Gasteiger partial charge on any atom is -0.423 e. The van der Waals surface area contributed by atoms with Gasteiger partial charge in [0.1, 0.15) is 0 Å². The molecular formula is C14H16O5. The van der Waals surface area contributed by atoms with E-state index in [9.17, 15) is 14.7 Å². The van der Waals surface area contributed by atoms with Crippen molar-refractivity contribution in [3.05, 3.63) is 36.4 Å². The highest BCUT2D eigenvalue weighted by Crippen LogP contribution is 2.31. The van der Waals surface area contributed by atoms with Crippen molar-refractivity contribution in [1.82, 2.24) is 0 Å². The van der Waals surface area contributed by atoms with Gasteiger partial charge in [-0.3, -0.25) is 9.59 Å². The Morgan fingerprint density at radius 3 is 2.37 bits per heavy atom. The highest BCUT2D eigenvalue weighted by atomic mass is 16.6. The molecule has 0 saturated heterocycles. The lowest BCUT2D eigenvalue weighted by Crippen LogP contribution is -2.08. The van der Waals surface area contributed by atoms with E-state index in [0.29, 0.717) is 12.0 Å². The van der Waals surface area contributed by atoms with E-state index in [0.717, 1.165) is 0 Å². The van der Waals surface area contributed by atoms with Crippen molar-refractivity contribution in [3.8, 4) is 11.5 Å². The first-order chi connectivity index (χ1) is 8.93. The molecule has 1 aromatic carbocycles. The molecule has 0 bridgehead atoms. The van der Waals surface area contributed by atoms with Crippen LogP contribution in [0.25, 0.3) is 0 Å². The maximum Gasteiger partial charge on any atom is 0.308 e. The molecule has 0 aliphatic carbocycles. The predicted molar refractivity (Wildman–Crippen MR) is 68.8 cm³/mol. The molecule has 1 atom stereocenters. The van der Waals surface area contributed by atoms with Gasteiger partial charge in [0.15, 0.2) is 11.5 Å². The molecule has 0 heterocycles. The van der Waals surface area contributed by atoms with E-state index in [1.54, 1.807) is 12.1 Å². The fourth-order valence-electron chi connectivity index (χ4n) is 1.50. The van der Waals surface area contributed by atoms with Crippen molar-refractivity contribution < 1.29 is 24.2 Å². The van der Waals surface area contributed by atoms with Gasteiger partial charge in [0.2, 0.25) is 0 Å². The van der Waals surface area contributed by atoms with Crippen molar-refractivity contribution in [1.29, 1.82) is 0 Å². The summed E-state index contributed by atoms with van der Waals surface area (Å²) in [6.07, 6.45) is 1.20. The summed E-state index contributed by atoms with van der Waals surface area (Å²) in [7, 11) is 0. The van der Waals surface area contributed by atoms with Crippen molar-refractivity contribution in [2.24, 2.45) is 0 Å². The molecule has 1 aromatic rings. The second-order valence-corrected chi connectivity index (χ2v) is 3.93. The average molecular weight is 264 g/mol. The molecule has 5 heteroatoms. The highest BCUT2D eigenvalue weighted by molar-refractivity contribution is 5.73. The monoisotopic (exact) mass is 264 g/mol. The van der Waals surface area contributed by atoms with Gasteiger partial charge in [-0.25, -0.2) is 0 Å². The Kier molecular flexibility index (Phi) is 5.26. The van der Waals surface area contributed by atoms with Gasteiger partial charge < -0.3 is 14.6 Å². The van der Waals surface area contributed by atoms with Gasteiger partial charge in [-0.2, -0.15) is 0 Å². The molecule has 1 N–H and O–H groups in total. The molecule has 0 saturated carbocycles. The third kappa shape index (κ3) is 4.56. The fraction of sp³-hybridized carbons (Fsp3) is 0.286. The topological polar surface area (TPSA) is 72.8 Å². The summed E-state index contributed by atoms with van der Waals surface area (Å²) in [5, 5.41) is 9.83. The maximum absolute atomic E-state index is 11.0. The number of aliphatic hydroxyl groups excluding tert-OH is 1. The minimum absolute atomic E-state index is 0.100. The van der Waals surface area contributed by atoms with Crippen LogP contribution < -0.4 is 9.47 Å². The fourth-order valence-corrected chi connectivity index (χ4v) is 1.50. The summed E-state index contributed by atoms with van der Waals surface area (Å²) in [5.41, 5.74) is 0.548. The summed E-state index contributed by atoms with van der Waals surface area (Å²) < 4.78 is 9.89. The molecule has 0 aromatic heterocycles. The predicted octanol–water partition coefficient (Wildman–Crippen LogP) is 2.15. The molecule has 0 radical (unpaired) electrons. The molecule has 0 aliphatic rings. The first kappa shape index (κ1) is 14.9. The quantitative estimate of drug-likeness (QED) is 0.501. The van der Waals surface area contributed by atoms with Gasteiger partial charge in [0, 0.05) is 13.8 Å². The third-order valence-electron chi connectivity index (χ3n) is 2.25. The molecule has 102 valence electrons. The van der Waals surface area contributed by atoms with Crippen LogP contribution in [0.5, 0.6) is 11.5 Å². The number of esters is 2. The number of aliphatic hydroxyl groups is 1. The average Bonchev–Trinajstić information content (AvgIpc) is 2.30. The molecular weight excluding hydrogens is 248 g/mol. The molecule has 5 nitrogen and oxygen atoms in total. The number of carbonyl (C=O) groups is 2. The van der Waals surface area contributed by atoms with Crippen LogP contribution in [0.2, 0.25) is 0 Å². The summed E-state index contributed by atoms with van der Waals surface area (Å²) in [4.78, 5) is 22.0. The van der Waals surface area contributed by atoms with E-state index in [-0.39, 0.29) is 11.5 Å². The van der Waals surface area contributed by atoms with Crippen LogP contribution in [0, 0.1) is 0 Å². The first-order valence-electron chi connectivity index (χ1n) is 5.73. The van der Waals surface area contributed by atoms with Gasteiger partial charge >= 0.3 is 11.9 Å². The zero-order valence-electron chi connectivity index (χ0n) is 10.9. The van der Waals surface area contributed by atoms with Crippen LogP contribution in [-0.4, -0.2) is 17.0 Å². The summed E-state index contributed by atoms with van der Waals surface area (Å²) >= 11 is 0. The van der Waals surface area contributed by atoms with Crippen LogP contribution in [-0.2, 0) is 9.59 Å². The molecule has 1 rings (SSSR count). The second kappa shape index (κ2) is 6.70. The molecule has 19 heavy (non-hydrogen) atoms. The Balaban J connectivity index is 3.09. The minimum atomic E-state index is -0.752. The summed E-state index contributed by atoms with van der Waals surface area (Å²) in [5.74, 6) is -0.822. The lowest BCUT2D eigenvalue weighted by molar-refractivity contribution is -0.134. The van der Waals surface area contributed by atoms with Crippen LogP contribution >= 0.6 is 0 Å². The van der Waals surface area contributed by atoms with E-state index in [1.165, 1.54) is 26.0 Å². The largest absolute Gasteiger partial charge is 0.423 e. The third-order valence-corrected chi connectivity index (χ3v) is 2.25. The van der Waals surface area contributed by atoms with Crippen LogP contribution in [0.3, 0.4) is 0 Å².